The summed E-state index contributed by atoms with van der Waals surface area (Å²) in [6, 6.07) is 1.85. The average Bonchev–Trinajstić information content (AvgIpc) is 2.95. The molecule has 0 amide bonds. The standard InChI is InChI=1S/C12H13NO3S/c1-3-8-9(13)11(12(14)15-2)17-10(8)7-4-5-16-6-7/h4-6H,3,13H2,1-2H3. The highest BCUT2D eigenvalue weighted by Gasteiger charge is 2.21. The van der Waals surface area contributed by atoms with Gasteiger partial charge in [0.25, 0.3) is 0 Å². The molecule has 90 valence electrons. The number of nitrogens with two attached hydrogens (primary N) is 1. The van der Waals surface area contributed by atoms with Crippen LogP contribution >= 0.6 is 11.3 Å². The van der Waals surface area contributed by atoms with Gasteiger partial charge in [-0.2, -0.15) is 0 Å². The third-order valence-corrected chi connectivity index (χ3v) is 3.83. The Morgan fingerprint density at radius 1 is 1.59 bits per heavy atom. The number of ether oxygens (including phenoxy) is 1. The smallest absolute Gasteiger partial charge is 0.350 e. The van der Waals surface area contributed by atoms with Crippen molar-refractivity contribution in [3.63, 3.8) is 0 Å². The summed E-state index contributed by atoms with van der Waals surface area (Å²) in [4.78, 5) is 13.0. The number of esters is 1. The van der Waals surface area contributed by atoms with Crippen LogP contribution in [-0.4, -0.2) is 13.1 Å². The molecule has 0 bridgehead atoms. The van der Waals surface area contributed by atoms with E-state index in [9.17, 15) is 4.79 Å². The molecule has 4 nitrogen and oxygen atoms in total. The Balaban J connectivity index is 2.57. The summed E-state index contributed by atoms with van der Waals surface area (Å²) in [6.07, 6.45) is 4.01. The first-order valence-corrected chi connectivity index (χ1v) is 6.02. The third kappa shape index (κ3) is 1.93. The second kappa shape index (κ2) is 4.63. The molecule has 2 aromatic rings. The van der Waals surface area contributed by atoms with Crippen molar-refractivity contribution in [2.75, 3.05) is 12.8 Å². The zero-order valence-corrected chi connectivity index (χ0v) is 10.5. The molecule has 0 aliphatic rings. The van der Waals surface area contributed by atoms with Gasteiger partial charge in [0.2, 0.25) is 0 Å². The van der Waals surface area contributed by atoms with Gasteiger partial charge in [-0.15, -0.1) is 11.3 Å². The number of thiophene rings is 1. The second-order valence-electron chi connectivity index (χ2n) is 3.51. The van der Waals surface area contributed by atoms with Crippen LogP contribution in [0, 0.1) is 0 Å². The van der Waals surface area contributed by atoms with Crippen LogP contribution in [0.4, 0.5) is 5.69 Å². The second-order valence-corrected chi connectivity index (χ2v) is 4.53. The van der Waals surface area contributed by atoms with E-state index in [1.807, 2.05) is 13.0 Å². The zero-order valence-electron chi connectivity index (χ0n) is 9.65. The fourth-order valence-electron chi connectivity index (χ4n) is 1.70. The van der Waals surface area contributed by atoms with Crippen molar-refractivity contribution < 1.29 is 13.9 Å². The lowest BCUT2D eigenvalue weighted by Gasteiger charge is -1.99. The predicted octanol–water partition coefficient (Wildman–Crippen LogP) is 2.94. The summed E-state index contributed by atoms with van der Waals surface area (Å²) in [5.74, 6) is -0.392. The molecule has 2 aromatic heterocycles. The van der Waals surface area contributed by atoms with E-state index in [1.165, 1.54) is 18.4 Å². The lowest BCUT2D eigenvalue weighted by Crippen LogP contribution is -2.02. The van der Waals surface area contributed by atoms with Gasteiger partial charge in [-0.3, -0.25) is 0 Å². The van der Waals surface area contributed by atoms with Gasteiger partial charge in [-0.05, 0) is 18.1 Å². The first-order chi connectivity index (χ1) is 8.19. The number of hydrogen-bond acceptors (Lipinski definition) is 5. The van der Waals surface area contributed by atoms with Crippen molar-refractivity contribution in [2.24, 2.45) is 0 Å². The first-order valence-electron chi connectivity index (χ1n) is 5.21. The van der Waals surface area contributed by atoms with Crippen LogP contribution in [0.3, 0.4) is 0 Å². The Morgan fingerprint density at radius 3 is 2.88 bits per heavy atom. The van der Waals surface area contributed by atoms with Crippen LogP contribution in [0.2, 0.25) is 0 Å². The lowest BCUT2D eigenvalue weighted by molar-refractivity contribution is 0.0607. The third-order valence-electron chi connectivity index (χ3n) is 2.56. The Kier molecular flexibility index (Phi) is 3.19. The lowest BCUT2D eigenvalue weighted by atomic mass is 10.1. The molecule has 0 spiro atoms. The summed E-state index contributed by atoms with van der Waals surface area (Å²) < 4.78 is 9.77. The number of methoxy groups -OCH3 is 1. The maximum absolute atomic E-state index is 11.6. The Morgan fingerprint density at radius 2 is 2.35 bits per heavy atom. The molecule has 0 unspecified atom stereocenters. The molecule has 0 saturated carbocycles. The molecule has 2 heterocycles. The van der Waals surface area contributed by atoms with Crippen LogP contribution < -0.4 is 5.73 Å². The Hall–Kier alpha value is -1.75. The van der Waals surface area contributed by atoms with E-state index in [1.54, 1.807) is 12.5 Å². The van der Waals surface area contributed by atoms with Crippen molar-refractivity contribution in [3.05, 3.63) is 29.0 Å². The van der Waals surface area contributed by atoms with Gasteiger partial charge in [0.15, 0.2) is 0 Å². The van der Waals surface area contributed by atoms with Gasteiger partial charge in [-0.25, -0.2) is 4.79 Å². The molecule has 17 heavy (non-hydrogen) atoms. The van der Waals surface area contributed by atoms with Crippen LogP contribution in [0.25, 0.3) is 10.4 Å². The monoisotopic (exact) mass is 251 g/mol. The maximum Gasteiger partial charge on any atom is 0.350 e. The van der Waals surface area contributed by atoms with E-state index in [4.69, 9.17) is 14.9 Å². The van der Waals surface area contributed by atoms with Gasteiger partial charge in [0.05, 0.1) is 25.3 Å². The largest absolute Gasteiger partial charge is 0.472 e. The number of hydrogen-bond donors (Lipinski definition) is 1. The Bertz CT molecular complexity index is 528. The zero-order chi connectivity index (χ0) is 12.4. The van der Waals surface area contributed by atoms with E-state index < -0.39 is 5.97 Å². The quantitative estimate of drug-likeness (QED) is 0.852. The SMILES string of the molecule is CCc1c(-c2ccoc2)sc(C(=O)OC)c1N. The highest BCUT2D eigenvalue weighted by Crippen LogP contribution is 2.39. The summed E-state index contributed by atoms with van der Waals surface area (Å²) >= 11 is 1.34. The fraction of sp³-hybridized carbons (Fsp3) is 0.250. The fourth-order valence-corrected chi connectivity index (χ4v) is 2.92. The molecule has 2 rings (SSSR count). The highest BCUT2D eigenvalue weighted by atomic mass is 32.1. The Labute approximate surface area is 103 Å². The summed E-state index contributed by atoms with van der Waals surface area (Å²) in [7, 11) is 1.35. The molecule has 0 aromatic carbocycles. The molecule has 5 heteroatoms. The van der Waals surface area contributed by atoms with Gasteiger partial charge in [-0.1, -0.05) is 6.92 Å². The van der Waals surface area contributed by atoms with E-state index in [-0.39, 0.29) is 0 Å². The summed E-state index contributed by atoms with van der Waals surface area (Å²) in [6.45, 7) is 2.00. The minimum Gasteiger partial charge on any atom is -0.472 e. The van der Waals surface area contributed by atoms with Crippen LogP contribution in [-0.2, 0) is 11.2 Å². The normalized spacial score (nSPS) is 10.5. The number of rotatable bonds is 3. The molecular weight excluding hydrogens is 238 g/mol. The van der Waals surface area contributed by atoms with Gasteiger partial charge in [0, 0.05) is 10.4 Å². The van der Waals surface area contributed by atoms with Gasteiger partial charge in [0.1, 0.15) is 4.88 Å². The van der Waals surface area contributed by atoms with Crippen molar-refractivity contribution in [1.29, 1.82) is 0 Å². The number of carbonyl (C=O) groups excluding carboxylic acids is 1. The van der Waals surface area contributed by atoms with E-state index in [2.05, 4.69) is 0 Å². The number of carbonyl (C=O) groups is 1. The van der Waals surface area contributed by atoms with Crippen molar-refractivity contribution in [2.45, 2.75) is 13.3 Å². The van der Waals surface area contributed by atoms with E-state index >= 15 is 0 Å². The number of nitrogen functional groups attached to an aromatic ring is 1. The van der Waals surface area contributed by atoms with Crippen LogP contribution in [0.5, 0.6) is 0 Å². The number of furan rings is 1. The molecular formula is C12H13NO3S. The molecule has 0 radical (unpaired) electrons. The highest BCUT2D eigenvalue weighted by molar-refractivity contribution is 7.18. The predicted molar refractivity (Wildman–Crippen MR) is 67.2 cm³/mol. The minimum atomic E-state index is -0.392. The molecule has 0 fully saturated rings. The average molecular weight is 251 g/mol. The topological polar surface area (TPSA) is 65.5 Å². The molecule has 0 aliphatic carbocycles. The molecule has 0 atom stereocenters. The van der Waals surface area contributed by atoms with E-state index in [0.717, 1.165) is 22.4 Å². The van der Waals surface area contributed by atoms with Crippen LogP contribution in [0.15, 0.2) is 23.0 Å². The molecule has 2 N–H and O–H groups in total. The molecule has 0 saturated heterocycles. The van der Waals surface area contributed by atoms with Crippen LogP contribution in [0.1, 0.15) is 22.2 Å². The van der Waals surface area contributed by atoms with Gasteiger partial charge >= 0.3 is 5.97 Å². The van der Waals surface area contributed by atoms with Crippen molar-refractivity contribution >= 4 is 23.0 Å². The summed E-state index contributed by atoms with van der Waals surface area (Å²) in [5, 5.41) is 0. The first kappa shape index (κ1) is 11.7. The minimum absolute atomic E-state index is 0.392. The van der Waals surface area contributed by atoms with Crippen molar-refractivity contribution in [3.8, 4) is 10.4 Å². The van der Waals surface area contributed by atoms with E-state index in [0.29, 0.717) is 10.6 Å². The summed E-state index contributed by atoms with van der Waals surface area (Å²) in [5.41, 5.74) is 8.40. The maximum atomic E-state index is 11.6. The van der Waals surface area contributed by atoms with Crippen molar-refractivity contribution in [1.82, 2.24) is 0 Å². The van der Waals surface area contributed by atoms with Gasteiger partial charge < -0.3 is 14.9 Å². The molecule has 0 aliphatic heterocycles. The number of anilines is 1.